The lowest BCUT2D eigenvalue weighted by molar-refractivity contribution is 0.319. The maximum absolute atomic E-state index is 14.9. The maximum Gasteiger partial charge on any atom is 0.186 e. The monoisotopic (exact) mass is 350 g/mol. The van der Waals surface area contributed by atoms with Crippen molar-refractivity contribution >= 4 is 5.65 Å². The van der Waals surface area contributed by atoms with Gasteiger partial charge in [0.05, 0.1) is 17.1 Å². The summed E-state index contributed by atoms with van der Waals surface area (Å²) in [6, 6.07) is 9.85. The van der Waals surface area contributed by atoms with E-state index in [1.54, 1.807) is 10.7 Å². The van der Waals surface area contributed by atoms with Gasteiger partial charge in [-0.25, -0.2) is 18.9 Å². The number of hydrogen-bond donors (Lipinski definition) is 0. The van der Waals surface area contributed by atoms with E-state index in [0.29, 0.717) is 11.5 Å². The van der Waals surface area contributed by atoms with Gasteiger partial charge in [0.25, 0.3) is 0 Å². The van der Waals surface area contributed by atoms with Gasteiger partial charge in [-0.1, -0.05) is 30.3 Å². The van der Waals surface area contributed by atoms with Gasteiger partial charge in [-0.2, -0.15) is 0 Å². The van der Waals surface area contributed by atoms with E-state index in [9.17, 15) is 4.39 Å². The van der Waals surface area contributed by atoms with Gasteiger partial charge in [-0.05, 0) is 13.8 Å². The van der Waals surface area contributed by atoms with Gasteiger partial charge in [0.1, 0.15) is 5.82 Å². The van der Waals surface area contributed by atoms with E-state index < -0.39 is 6.17 Å². The molecule has 0 aliphatic carbocycles. The van der Waals surface area contributed by atoms with Gasteiger partial charge in [0.15, 0.2) is 17.6 Å². The summed E-state index contributed by atoms with van der Waals surface area (Å²) in [5.74, 6) is 0.815. The fourth-order valence-corrected chi connectivity index (χ4v) is 2.94. The predicted molar refractivity (Wildman–Crippen MR) is 96.5 cm³/mol. The molecule has 6 nitrogen and oxygen atoms in total. The molecule has 7 heteroatoms. The second-order valence-electron chi connectivity index (χ2n) is 6.38. The van der Waals surface area contributed by atoms with Crippen molar-refractivity contribution in [1.29, 1.82) is 0 Å². The van der Waals surface area contributed by atoms with Crippen LogP contribution in [-0.2, 0) is 13.5 Å². The van der Waals surface area contributed by atoms with E-state index in [-0.39, 0.29) is 12.2 Å². The Balaban J connectivity index is 1.63. The van der Waals surface area contributed by atoms with Crippen molar-refractivity contribution in [2.45, 2.75) is 26.4 Å². The first kappa shape index (κ1) is 16.4. The molecule has 0 aliphatic heterocycles. The SMILES string of the molecule is Cc1ncc(C)n2nc([C@H](F)Cc3nc(-c4ccccc4)cn3C)nc12. The molecule has 3 heterocycles. The van der Waals surface area contributed by atoms with Crippen molar-refractivity contribution in [2.24, 2.45) is 7.05 Å². The highest BCUT2D eigenvalue weighted by molar-refractivity contribution is 5.58. The molecule has 0 unspecified atom stereocenters. The molecule has 4 rings (SSSR count). The summed E-state index contributed by atoms with van der Waals surface area (Å²) >= 11 is 0. The summed E-state index contributed by atoms with van der Waals surface area (Å²) in [4.78, 5) is 13.2. The third-order valence-corrected chi connectivity index (χ3v) is 4.41. The summed E-state index contributed by atoms with van der Waals surface area (Å²) in [5, 5.41) is 4.32. The standard InChI is InChI=1S/C19H19FN6/c1-12-10-21-13(2)19-23-18(24-26(12)19)15(20)9-17-22-16(11-25(17)3)14-7-5-4-6-8-14/h4-8,10-11,15H,9H2,1-3H3/t15-/m1/s1. The molecular formula is C19H19FN6. The molecular weight excluding hydrogens is 331 g/mol. The number of aryl methyl sites for hydroxylation is 3. The molecule has 4 aromatic rings. The first-order chi connectivity index (χ1) is 12.5. The quantitative estimate of drug-likeness (QED) is 0.566. The highest BCUT2D eigenvalue weighted by Crippen LogP contribution is 2.23. The van der Waals surface area contributed by atoms with E-state index in [4.69, 9.17) is 0 Å². The molecule has 0 aliphatic rings. The summed E-state index contributed by atoms with van der Waals surface area (Å²) in [6.45, 7) is 3.71. The lowest BCUT2D eigenvalue weighted by atomic mass is 10.2. The molecule has 3 aromatic heterocycles. The molecule has 0 saturated carbocycles. The van der Waals surface area contributed by atoms with Crippen LogP contribution in [0.1, 0.15) is 29.2 Å². The van der Waals surface area contributed by atoms with Crippen LogP contribution in [0.15, 0.2) is 42.7 Å². The van der Waals surface area contributed by atoms with Gasteiger partial charge in [0.2, 0.25) is 0 Å². The van der Waals surface area contributed by atoms with Crippen molar-refractivity contribution in [3.05, 3.63) is 65.8 Å². The molecule has 0 radical (unpaired) electrons. The number of rotatable bonds is 4. The molecule has 132 valence electrons. The third kappa shape index (κ3) is 2.85. The van der Waals surface area contributed by atoms with Crippen molar-refractivity contribution in [2.75, 3.05) is 0 Å². The second kappa shape index (κ2) is 6.33. The van der Waals surface area contributed by atoms with Crippen molar-refractivity contribution in [3.63, 3.8) is 0 Å². The Labute approximate surface area is 150 Å². The van der Waals surface area contributed by atoms with Gasteiger partial charge < -0.3 is 4.57 Å². The minimum absolute atomic E-state index is 0.117. The summed E-state index contributed by atoms with van der Waals surface area (Å²) < 4.78 is 18.4. The molecule has 0 spiro atoms. The minimum atomic E-state index is -1.33. The van der Waals surface area contributed by atoms with E-state index in [2.05, 4.69) is 20.1 Å². The van der Waals surface area contributed by atoms with Gasteiger partial charge in [0, 0.05) is 31.4 Å². The number of halogens is 1. The molecule has 0 saturated heterocycles. The molecule has 0 amide bonds. The highest BCUT2D eigenvalue weighted by Gasteiger charge is 2.21. The average molecular weight is 350 g/mol. The van der Waals surface area contributed by atoms with E-state index in [1.807, 2.05) is 62.0 Å². The van der Waals surface area contributed by atoms with Crippen LogP contribution in [0.5, 0.6) is 0 Å². The maximum atomic E-state index is 14.9. The van der Waals surface area contributed by atoms with E-state index in [1.165, 1.54) is 0 Å². The topological polar surface area (TPSA) is 60.9 Å². The Morgan fingerprint density at radius 2 is 1.88 bits per heavy atom. The Morgan fingerprint density at radius 3 is 2.62 bits per heavy atom. The lowest BCUT2D eigenvalue weighted by Gasteiger charge is -2.03. The zero-order chi connectivity index (χ0) is 18.3. The van der Waals surface area contributed by atoms with E-state index >= 15 is 0 Å². The summed E-state index contributed by atoms with van der Waals surface area (Å²) in [5.41, 5.74) is 3.97. The zero-order valence-corrected chi connectivity index (χ0v) is 14.9. The Kier molecular flexibility index (Phi) is 3.99. The lowest BCUT2D eigenvalue weighted by Crippen LogP contribution is -2.05. The molecule has 1 aromatic carbocycles. The van der Waals surface area contributed by atoms with E-state index in [0.717, 1.165) is 22.6 Å². The number of fused-ring (bicyclic) bond motifs is 1. The molecule has 26 heavy (non-hydrogen) atoms. The van der Waals surface area contributed by atoms with Crippen LogP contribution in [0.3, 0.4) is 0 Å². The normalized spacial score (nSPS) is 12.6. The third-order valence-electron chi connectivity index (χ3n) is 4.41. The van der Waals surface area contributed by atoms with Crippen LogP contribution in [0, 0.1) is 13.8 Å². The zero-order valence-electron chi connectivity index (χ0n) is 14.9. The highest BCUT2D eigenvalue weighted by atomic mass is 19.1. The number of imidazole rings is 1. The van der Waals surface area contributed by atoms with Crippen LogP contribution in [0.25, 0.3) is 16.9 Å². The average Bonchev–Trinajstić information content (AvgIpc) is 3.25. The molecule has 1 atom stereocenters. The Hall–Kier alpha value is -3.09. The first-order valence-electron chi connectivity index (χ1n) is 8.43. The van der Waals surface area contributed by atoms with Crippen LogP contribution in [0.2, 0.25) is 0 Å². The van der Waals surface area contributed by atoms with Gasteiger partial charge >= 0.3 is 0 Å². The number of alkyl halides is 1. The molecule has 0 N–H and O–H groups in total. The smallest absolute Gasteiger partial charge is 0.186 e. The number of benzene rings is 1. The van der Waals surface area contributed by atoms with Crippen LogP contribution >= 0.6 is 0 Å². The van der Waals surface area contributed by atoms with Gasteiger partial charge in [-0.15, -0.1) is 5.10 Å². The summed E-state index contributed by atoms with van der Waals surface area (Å²) in [7, 11) is 1.87. The van der Waals surface area contributed by atoms with Crippen LogP contribution in [-0.4, -0.2) is 29.1 Å². The second-order valence-corrected chi connectivity index (χ2v) is 6.38. The fourth-order valence-electron chi connectivity index (χ4n) is 2.94. The Morgan fingerprint density at radius 1 is 1.12 bits per heavy atom. The van der Waals surface area contributed by atoms with Gasteiger partial charge in [-0.3, -0.25) is 4.98 Å². The largest absolute Gasteiger partial charge is 0.337 e. The number of nitrogens with zero attached hydrogens (tertiary/aromatic N) is 6. The first-order valence-corrected chi connectivity index (χ1v) is 8.43. The van der Waals surface area contributed by atoms with Crippen molar-refractivity contribution in [3.8, 4) is 11.3 Å². The Bertz CT molecular complexity index is 1030. The van der Waals surface area contributed by atoms with Crippen molar-refractivity contribution in [1.82, 2.24) is 29.1 Å². The molecule has 0 bridgehead atoms. The summed E-state index contributed by atoms with van der Waals surface area (Å²) in [6.07, 6.45) is 2.40. The van der Waals surface area contributed by atoms with Crippen LogP contribution in [0.4, 0.5) is 4.39 Å². The van der Waals surface area contributed by atoms with Crippen LogP contribution < -0.4 is 0 Å². The number of hydrogen-bond acceptors (Lipinski definition) is 4. The van der Waals surface area contributed by atoms with Crippen molar-refractivity contribution < 1.29 is 4.39 Å². The fraction of sp³-hybridized carbons (Fsp3) is 0.263. The minimum Gasteiger partial charge on any atom is -0.337 e. The molecule has 0 fully saturated rings. The number of aromatic nitrogens is 6. The predicted octanol–water partition coefficient (Wildman–Crippen LogP) is 3.39.